The van der Waals surface area contributed by atoms with Gasteiger partial charge in [-0.2, -0.15) is 0 Å². The van der Waals surface area contributed by atoms with Gasteiger partial charge in [-0.05, 0) is 25.7 Å². The van der Waals surface area contributed by atoms with Crippen LogP contribution in [0.25, 0.3) is 0 Å². The molecular formula is C12H26N2O2. The molecule has 0 aromatic carbocycles. The number of carbonyl (C=O) groups is 1. The normalized spacial score (nSPS) is 16.9. The zero-order chi connectivity index (χ0) is 12.8. The van der Waals surface area contributed by atoms with Crippen LogP contribution in [-0.4, -0.2) is 29.2 Å². The highest BCUT2D eigenvalue weighted by Crippen LogP contribution is 2.12. The van der Waals surface area contributed by atoms with Crippen LogP contribution in [0.2, 0.25) is 0 Å². The Labute approximate surface area is 98.6 Å². The molecule has 16 heavy (non-hydrogen) atoms. The van der Waals surface area contributed by atoms with E-state index >= 15 is 0 Å². The first-order valence-corrected chi connectivity index (χ1v) is 6.05. The Kier molecular flexibility index (Phi) is 6.60. The molecule has 0 aliphatic heterocycles. The van der Waals surface area contributed by atoms with Gasteiger partial charge in [0.15, 0.2) is 0 Å². The standard InChI is InChI=1S/C12H26N2O2/c1-5-7-12(4,13)11(16)14-10(6-8-15)9(2)3/h9-10,15H,5-8,13H2,1-4H3,(H,14,16). The molecule has 0 aliphatic rings. The van der Waals surface area contributed by atoms with Gasteiger partial charge in [0.1, 0.15) is 0 Å². The molecule has 0 radical (unpaired) electrons. The van der Waals surface area contributed by atoms with Gasteiger partial charge in [0, 0.05) is 12.6 Å². The number of nitrogens with two attached hydrogens (primary N) is 1. The van der Waals surface area contributed by atoms with Crippen LogP contribution >= 0.6 is 0 Å². The van der Waals surface area contributed by atoms with Crippen LogP contribution in [-0.2, 0) is 4.79 Å². The fraction of sp³-hybridized carbons (Fsp3) is 0.917. The molecule has 2 unspecified atom stereocenters. The summed E-state index contributed by atoms with van der Waals surface area (Å²) in [7, 11) is 0. The summed E-state index contributed by atoms with van der Waals surface area (Å²) < 4.78 is 0. The van der Waals surface area contributed by atoms with Crippen molar-refractivity contribution in [3.05, 3.63) is 0 Å². The van der Waals surface area contributed by atoms with Crippen LogP contribution < -0.4 is 11.1 Å². The van der Waals surface area contributed by atoms with Crippen molar-refractivity contribution in [1.29, 1.82) is 0 Å². The number of nitrogens with one attached hydrogen (secondary N) is 1. The van der Waals surface area contributed by atoms with Crippen molar-refractivity contribution >= 4 is 5.91 Å². The third-order valence-corrected chi connectivity index (χ3v) is 2.85. The molecule has 4 N–H and O–H groups in total. The maximum absolute atomic E-state index is 11.9. The lowest BCUT2D eigenvalue weighted by atomic mass is 9.94. The molecule has 0 aromatic heterocycles. The van der Waals surface area contributed by atoms with E-state index in [9.17, 15) is 4.79 Å². The fourth-order valence-corrected chi connectivity index (χ4v) is 1.68. The molecule has 0 aromatic rings. The van der Waals surface area contributed by atoms with Gasteiger partial charge >= 0.3 is 0 Å². The minimum Gasteiger partial charge on any atom is -0.396 e. The van der Waals surface area contributed by atoms with Gasteiger partial charge in [0.25, 0.3) is 0 Å². The van der Waals surface area contributed by atoms with Gasteiger partial charge < -0.3 is 16.2 Å². The summed E-state index contributed by atoms with van der Waals surface area (Å²) in [6, 6.07) is -0.00256. The molecule has 96 valence electrons. The number of rotatable bonds is 7. The van der Waals surface area contributed by atoms with E-state index in [2.05, 4.69) is 5.32 Å². The first-order chi connectivity index (χ1) is 7.35. The number of amides is 1. The lowest BCUT2D eigenvalue weighted by molar-refractivity contribution is -0.127. The predicted molar refractivity (Wildman–Crippen MR) is 66.0 cm³/mol. The molecule has 0 spiro atoms. The van der Waals surface area contributed by atoms with Crippen LogP contribution in [0.4, 0.5) is 0 Å². The maximum Gasteiger partial charge on any atom is 0.240 e. The fourth-order valence-electron chi connectivity index (χ4n) is 1.68. The highest BCUT2D eigenvalue weighted by molar-refractivity contribution is 5.85. The Morgan fingerprint density at radius 3 is 2.44 bits per heavy atom. The number of carbonyl (C=O) groups excluding carboxylic acids is 1. The zero-order valence-electron chi connectivity index (χ0n) is 10.9. The minimum absolute atomic E-state index is 0.00256. The summed E-state index contributed by atoms with van der Waals surface area (Å²) in [4.78, 5) is 11.9. The summed E-state index contributed by atoms with van der Waals surface area (Å²) >= 11 is 0. The van der Waals surface area contributed by atoms with E-state index in [4.69, 9.17) is 10.8 Å². The van der Waals surface area contributed by atoms with Crippen molar-refractivity contribution in [3.63, 3.8) is 0 Å². The molecule has 0 aliphatic carbocycles. The second-order valence-corrected chi connectivity index (χ2v) is 5.00. The lowest BCUT2D eigenvalue weighted by Crippen LogP contribution is -2.55. The van der Waals surface area contributed by atoms with E-state index in [1.165, 1.54) is 0 Å². The van der Waals surface area contributed by atoms with Crippen molar-refractivity contribution in [2.24, 2.45) is 11.7 Å². The third kappa shape index (κ3) is 4.94. The van der Waals surface area contributed by atoms with Crippen LogP contribution in [0.3, 0.4) is 0 Å². The highest BCUT2D eigenvalue weighted by Gasteiger charge is 2.29. The van der Waals surface area contributed by atoms with Crippen LogP contribution in [0.1, 0.15) is 47.0 Å². The average Bonchev–Trinajstić information content (AvgIpc) is 2.16. The Bertz CT molecular complexity index is 215. The monoisotopic (exact) mass is 230 g/mol. The lowest BCUT2D eigenvalue weighted by Gasteiger charge is -2.28. The van der Waals surface area contributed by atoms with Crippen molar-refractivity contribution in [1.82, 2.24) is 5.32 Å². The SMILES string of the molecule is CCCC(C)(N)C(=O)NC(CCO)C(C)C. The van der Waals surface area contributed by atoms with Gasteiger partial charge in [-0.1, -0.05) is 27.2 Å². The van der Waals surface area contributed by atoms with Gasteiger partial charge in [-0.25, -0.2) is 0 Å². The second-order valence-electron chi connectivity index (χ2n) is 5.00. The van der Waals surface area contributed by atoms with Gasteiger partial charge in [-0.15, -0.1) is 0 Å². The van der Waals surface area contributed by atoms with Crippen molar-refractivity contribution < 1.29 is 9.90 Å². The van der Waals surface area contributed by atoms with E-state index < -0.39 is 5.54 Å². The minimum atomic E-state index is -0.808. The predicted octanol–water partition coefficient (Wildman–Crippen LogP) is 1.03. The van der Waals surface area contributed by atoms with Crippen LogP contribution in [0.15, 0.2) is 0 Å². The third-order valence-electron chi connectivity index (χ3n) is 2.85. The van der Waals surface area contributed by atoms with E-state index in [1.54, 1.807) is 6.92 Å². The molecule has 0 rings (SSSR count). The Balaban J connectivity index is 4.39. The number of aliphatic hydroxyl groups is 1. The van der Waals surface area contributed by atoms with Crippen LogP contribution in [0.5, 0.6) is 0 Å². The summed E-state index contributed by atoms with van der Waals surface area (Å²) in [6.45, 7) is 7.88. The second kappa shape index (κ2) is 6.86. The number of aliphatic hydroxyl groups excluding tert-OH is 1. The quantitative estimate of drug-likeness (QED) is 0.611. The molecule has 0 saturated heterocycles. The van der Waals surface area contributed by atoms with E-state index in [0.717, 1.165) is 6.42 Å². The molecule has 0 fully saturated rings. The van der Waals surface area contributed by atoms with Crippen LogP contribution in [0, 0.1) is 5.92 Å². The average molecular weight is 230 g/mol. The first kappa shape index (κ1) is 15.4. The summed E-state index contributed by atoms with van der Waals surface area (Å²) in [6.07, 6.45) is 2.13. The molecule has 0 saturated carbocycles. The maximum atomic E-state index is 11.9. The van der Waals surface area contributed by atoms with Gasteiger partial charge in [0.2, 0.25) is 5.91 Å². The Morgan fingerprint density at radius 1 is 1.50 bits per heavy atom. The Morgan fingerprint density at radius 2 is 2.06 bits per heavy atom. The van der Waals surface area contributed by atoms with E-state index in [-0.39, 0.29) is 18.6 Å². The molecule has 0 bridgehead atoms. The van der Waals surface area contributed by atoms with Crippen molar-refractivity contribution in [3.8, 4) is 0 Å². The molecular weight excluding hydrogens is 204 g/mol. The first-order valence-electron chi connectivity index (χ1n) is 6.05. The van der Waals surface area contributed by atoms with E-state index in [1.807, 2.05) is 20.8 Å². The summed E-state index contributed by atoms with van der Waals surface area (Å²) in [5.41, 5.74) is 5.13. The Hall–Kier alpha value is -0.610. The topological polar surface area (TPSA) is 75.4 Å². The summed E-state index contributed by atoms with van der Waals surface area (Å²) in [5, 5.41) is 11.8. The molecule has 2 atom stereocenters. The number of hydrogen-bond acceptors (Lipinski definition) is 3. The highest BCUT2D eigenvalue weighted by atomic mass is 16.3. The van der Waals surface area contributed by atoms with Crippen molar-refractivity contribution in [2.45, 2.75) is 58.5 Å². The zero-order valence-corrected chi connectivity index (χ0v) is 10.9. The smallest absolute Gasteiger partial charge is 0.240 e. The van der Waals surface area contributed by atoms with Crippen molar-refractivity contribution in [2.75, 3.05) is 6.61 Å². The molecule has 0 heterocycles. The van der Waals surface area contributed by atoms with E-state index in [0.29, 0.717) is 18.8 Å². The molecule has 1 amide bonds. The molecule has 4 nitrogen and oxygen atoms in total. The molecule has 4 heteroatoms. The van der Waals surface area contributed by atoms with Gasteiger partial charge in [-0.3, -0.25) is 4.79 Å². The largest absolute Gasteiger partial charge is 0.396 e. The van der Waals surface area contributed by atoms with Gasteiger partial charge in [0.05, 0.1) is 5.54 Å². The number of hydrogen-bond donors (Lipinski definition) is 3. The summed E-state index contributed by atoms with van der Waals surface area (Å²) in [5.74, 6) is 0.176.